The van der Waals surface area contributed by atoms with Crippen LogP contribution in [0, 0.1) is 5.92 Å². The lowest BCUT2D eigenvalue weighted by Crippen LogP contribution is -2.40. The minimum Gasteiger partial charge on any atom is -0.339 e. The van der Waals surface area contributed by atoms with Gasteiger partial charge in [0.2, 0.25) is 5.91 Å². The van der Waals surface area contributed by atoms with Crippen molar-refractivity contribution in [1.82, 2.24) is 14.8 Å². The predicted molar refractivity (Wildman–Crippen MR) is 92.9 cm³/mol. The summed E-state index contributed by atoms with van der Waals surface area (Å²) in [5.74, 6) is 0.849. The smallest absolute Gasteiger partial charge is 0.246 e. The number of aromatic nitrogens is 1. The van der Waals surface area contributed by atoms with Gasteiger partial charge in [-0.25, -0.2) is 4.98 Å². The molecule has 1 aromatic heterocycles. The Bertz CT molecular complexity index is 464. The van der Waals surface area contributed by atoms with Crippen LogP contribution in [-0.2, 0) is 4.79 Å². The number of hydrogen-bond acceptors (Lipinski definition) is 4. The zero-order valence-electron chi connectivity index (χ0n) is 13.7. The van der Waals surface area contributed by atoms with Crippen LogP contribution in [0.3, 0.4) is 0 Å². The van der Waals surface area contributed by atoms with Crippen LogP contribution in [0.5, 0.6) is 0 Å². The van der Waals surface area contributed by atoms with Crippen LogP contribution in [0.25, 0.3) is 6.08 Å². The highest BCUT2D eigenvalue weighted by atomic mass is 32.1. The molecule has 2 heterocycles. The zero-order valence-corrected chi connectivity index (χ0v) is 14.5. The van der Waals surface area contributed by atoms with Gasteiger partial charge in [0.05, 0.1) is 0 Å². The van der Waals surface area contributed by atoms with Gasteiger partial charge in [-0.3, -0.25) is 4.79 Å². The van der Waals surface area contributed by atoms with Gasteiger partial charge < -0.3 is 9.80 Å². The molecule has 0 spiro atoms. The lowest BCUT2D eigenvalue weighted by atomic mass is 9.96. The van der Waals surface area contributed by atoms with E-state index in [4.69, 9.17) is 0 Å². The first-order valence-electron chi connectivity index (χ1n) is 8.24. The molecule has 2 rings (SSSR count). The molecular weight excluding hydrogens is 294 g/mol. The molecule has 122 valence electrons. The molecule has 0 saturated carbocycles. The van der Waals surface area contributed by atoms with Crippen molar-refractivity contribution < 1.29 is 4.79 Å². The summed E-state index contributed by atoms with van der Waals surface area (Å²) in [6, 6.07) is 0. The maximum Gasteiger partial charge on any atom is 0.246 e. The number of carbonyl (C=O) groups excluding carboxylic acids is 1. The first kappa shape index (κ1) is 17.2. The topological polar surface area (TPSA) is 36.4 Å². The first-order chi connectivity index (χ1) is 10.7. The fourth-order valence-corrected chi connectivity index (χ4v) is 3.39. The van der Waals surface area contributed by atoms with Crippen LogP contribution in [0.4, 0.5) is 0 Å². The van der Waals surface area contributed by atoms with E-state index >= 15 is 0 Å². The molecular formula is C17H27N3OS. The Hall–Kier alpha value is -1.20. The van der Waals surface area contributed by atoms with E-state index < -0.39 is 0 Å². The zero-order chi connectivity index (χ0) is 15.8. The van der Waals surface area contributed by atoms with Crippen LogP contribution < -0.4 is 0 Å². The molecule has 1 aromatic rings. The maximum absolute atomic E-state index is 12.2. The van der Waals surface area contributed by atoms with Crippen LogP contribution >= 0.6 is 11.3 Å². The number of thiazole rings is 1. The quantitative estimate of drug-likeness (QED) is 0.724. The molecule has 0 N–H and O–H groups in total. The van der Waals surface area contributed by atoms with E-state index in [2.05, 4.69) is 23.9 Å². The molecule has 1 fully saturated rings. The summed E-state index contributed by atoms with van der Waals surface area (Å²) in [6.45, 7) is 6.35. The molecule has 0 radical (unpaired) electrons. The standard InChI is InChI=1S/C17H27N3OS/c1-3-4-10-19(2)14-15-7-11-20(12-8-15)17(21)6-5-16-18-9-13-22-16/h5-6,9,13,15H,3-4,7-8,10-12,14H2,1-2H3/b6-5+. The van der Waals surface area contributed by atoms with Crippen molar-refractivity contribution in [3.05, 3.63) is 22.7 Å². The number of rotatable bonds is 7. The molecule has 1 aliphatic rings. The van der Waals surface area contributed by atoms with Crippen molar-refractivity contribution in [2.75, 3.05) is 33.2 Å². The SMILES string of the molecule is CCCCN(C)CC1CCN(C(=O)/C=C/c2nccs2)CC1. The van der Waals surface area contributed by atoms with Crippen LogP contribution in [-0.4, -0.2) is 53.9 Å². The number of unbranched alkanes of at least 4 members (excludes halogenated alkanes) is 1. The van der Waals surface area contributed by atoms with Gasteiger partial charge in [-0.2, -0.15) is 0 Å². The molecule has 22 heavy (non-hydrogen) atoms. The molecule has 5 heteroatoms. The third kappa shape index (κ3) is 5.54. The third-order valence-corrected chi connectivity index (χ3v) is 4.95. The van der Waals surface area contributed by atoms with E-state index in [1.54, 1.807) is 23.6 Å². The number of carbonyl (C=O) groups is 1. The molecule has 0 aliphatic carbocycles. The molecule has 1 aliphatic heterocycles. The average molecular weight is 321 g/mol. The first-order valence-corrected chi connectivity index (χ1v) is 9.12. The summed E-state index contributed by atoms with van der Waals surface area (Å²) in [4.78, 5) is 20.7. The largest absolute Gasteiger partial charge is 0.339 e. The van der Waals surface area contributed by atoms with Crippen LogP contribution in [0.15, 0.2) is 17.7 Å². The summed E-state index contributed by atoms with van der Waals surface area (Å²) in [5.41, 5.74) is 0. The van der Waals surface area contributed by atoms with Crippen LogP contribution in [0.1, 0.15) is 37.6 Å². The Morgan fingerprint density at radius 2 is 2.27 bits per heavy atom. The average Bonchev–Trinajstić information content (AvgIpc) is 3.05. The molecule has 0 unspecified atom stereocenters. The fraction of sp³-hybridized carbons (Fsp3) is 0.647. The van der Waals surface area contributed by atoms with E-state index in [1.807, 2.05) is 16.4 Å². The van der Waals surface area contributed by atoms with Crippen molar-refractivity contribution in [2.45, 2.75) is 32.6 Å². The Balaban J connectivity index is 1.71. The number of nitrogens with zero attached hydrogens (tertiary/aromatic N) is 3. The van der Waals surface area contributed by atoms with Crippen LogP contribution in [0.2, 0.25) is 0 Å². The molecule has 1 saturated heterocycles. The number of hydrogen-bond donors (Lipinski definition) is 0. The van der Waals surface area contributed by atoms with Gasteiger partial charge >= 0.3 is 0 Å². The monoisotopic (exact) mass is 321 g/mol. The summed E-state index contributed by atoms with van der Waals surface area (Å²) in [7, 11) is 2.21. The summed E-state index contributed by atoms with van der Waals surface area (Å²) in [5, 5.41) is 2.81. The number of piperidine rings is 1. The molecule has 0 atom stereocenters. The van der Waals surface area contributed by atoms with Gasteiger partial charge in [-0.05, 0) is 44.8 Å². The highest BCUT2D eigenvalue weighted by Crippen LogP contribution is 2.19. The summed E-state index contributed by atoms with van der Waals surface area (Å²) >= 11 is 1.55. The second-order valence-electron chi connectivity index (χ2n) is 6.09. The van der Waals surface area contributed by atoms with E-state index in [0.29, 0.717) is 0 Å². The molecule has 4 nitrogen and oxygen atoms in total. The van der Waals surface area contributed by atoms with E-state index in [-0.39, 0.29) is 5.91 Å². The Morgan fingerprint density at radius 1 is 1.50 bits per heavy atom. The Morgan fingerprint density at radius 3 is 2.91 bits per heavy atom. The van der Waals surface area contributed by atoms with Gasteiger partial charge in [0.25, 0.3) is 0 Å². The maximum atomic E-state index is 12.2. The van der Waals surface area contributed by atoms with Crippen molar-refractivity contribution in [3.8, 4) is 0 Å². The van der Waals surface area contributed by atoms with E-state index in [9.17, 15) is 4.79 Å². The number of likely N-dealkylation sites (tertiary alicyclic amines) is 1. The minimum atomic E-state index is 0.119. The van der Waals surface area contributed by atoms with Crippen molar-refractivity contribution >= 4 is 23.3 Å². The highest BCUT2D eigenvalue weighted by Gasteiger charge is 2.22. The second kappa shape index (κ2) is 9.06. The fourth-order valence-electron chi connectivity index (χ4n) is 2.86. The minimum absolute atomic E-state index is 0.119. The van der Waals surface area contributed by atoms with Crippen molar-refractivity contribution in [2.24, 2.45) is 5.92 Å². The molecule has 0 bridgehead atoms. The predicted octanol–water partition coefficient (Wildman–Crippen LogP) is 3.13. The lowest BCUT2D eigenvalue weighted by molar-refractivity contribution is -0.127. The van der Waals surface area contributed by atoms with Crippen molar-refractivity contribution in [1.29, 1.82) is 0 Å². The number of amides is 1. The normalized spacial score (nSPS) is 16.8. The molecule has 1 amide bonds. The van der Waals surface area contributed by atoms with E-state index in [1.165, 1.54) is 19.4 Å². The lowest BCUT2D eigenvalue weighted by Gasteiger charge is -2.33. The Kier molecular flexibility index (Phi) is 7.06. The summed E-state index contributed by atoms with van der Waals surface area (Å²) in [6.07, 6.45) is 10.00. The van der Waals surface area contributed by atoms with Gasteiger partial charge in [0.1, 0.15) is 5.01 Å². The second-order valence-corrected chi connectivity index (χ2v) is 7.01. The van der Waals surface area contributed by atoms with Gasteiger partial charge in [-0.15, -0.1) is 11.3 Å². The van der Waals surface area contributed by atoms with E-state index in [0.717, 1.165) is 43.4 Å². The molecule has 0 aromatic carbocycles. The third-order valence-electron chi connectivity index (χ3n) is 4.21. The summed E-state index contributed by atoms with van der Waals surface area (Å²) < 4.78 is 0. The van der Waals surface area contributed by atoms with Gasteiger partial charge in [0.15, 0.2) is 0 Å². The van der Waals surface area contributed by atoms with Crippen molar-refractivity contribution in [3.63, 3.8) is 0 Å². The Labute approximate surface area is 137 Å². The highest BCUT2D eigenvalue weighted by molar-refractivity contribution is 7.10. The van der Waals surface area contributed by atoms with Gasteiger partial charge in [-0.1, -0.05) is 13.3 Å². The van der Waals surface area contributed by atoms with Gasteiger partial charge in [0, 0.05) is 37.3 Å².